The van der Waals surface area contributed by atoms with Crippen LogP contribution in [0.25, 0.3) is 6.08 Å². The molecule has 3 rings (SSSR count). The number of methoxy groups -OCH3 is 1. The van der Waals surface area contributed by atoms with Crippen molar-refractivity contribution in [1.82, 2.24) is 0 Å². The molecular formula is C24H27N3O3. The topological polar surface area (TPSA) is 74.6 Å². The lowest BCUT2D eigenvalue weighted by atomic mass is 10.1. The first-order valence-corrected chi connectivity index (χ1v) is 10.2. The molecule has 6 heteroatoms. The van der Waals surface area contributed by atoms with Crippen LogP contribution in [0.15, 0.2) is 48.0 Å². The van der Waals surface area contributed by atoms with Crippen LogP contribution >= 0.6 is 0 Å². The number of anilines is 2. The van der Waals surface area contributed by atoms with Gasteiger partial charge in [-0.3, -0.25) is 4.79 Å². The quantitative estimate of drug-likeness (QED) is 0.537. The number of hydrogen-bond acceptors (Lipinski definition) is 5. The van der Waals surface area contributed by atoms with Crippen molar-refractivity contribution in [3.05, 3.63) is 53.6 Å². The predicted molar refractivity (Wildman–Crippen MR) is 119 cm³/mol. The fraction of sp³-hybridized carbons (Fsp3) is 0.333. The molecule has 1 fully saturated rings. The standard InChI is InChI=1S/C24H27N3O3/c1-3-30-22-12-7-18(16-23(22)29-2)15-19(17-25)24(28)26-20-8-10-21(11-9-20)27-13-5-4-6-14-27/h7-12,15-16H,3-6,13-14H2,1-2H3,(H,26,28)/b19-15+. The second-order valence-corrected chi connectivity index (χ2v) is 7.06. The summed E-state index contributed by atoms with van der Waals surface area (Å²) in [5.41, 5.74) is 2.51. The van der Waals surface area contributed by atoms with Gasteiger partial charge in [0.2, 0.25) is 0 Å². The number of benzene rings is 2. The Morgan fingerprint density at radius 2 is 1.87 bits per heavy atom. The van der Waals surface area contributed by atoms with Crippen LogP contribution in [-0.2, 0) is 4.79 Å². The summed E-state index contributed by atoms with van der Waals surface area (Å²) in [4.78, 5) is 14.9. The number of carbonyl (C=O) groups is 1. The lowest BCUT2D eigenvalue weighted by Crippen LogP contribution is -2.29. The smallest absolute Gasteiger partial charge is 0.266 e. The van der Waals surface area contributed by atoms with Gasteiger partial charge in [-0.15, -0.1) is 0 Å². The minimum absolute atomic E-state index is 0.0151. The number of amides is 1. The molecule has 1 amide bonds. The van der Waals surface area contributed by atoms with Gasteiger partial charge in [-0.05, 0) is 74.2 Å². The average molecular weight is 405 g/mol. The second kappa shape index (κ2) is 10.4. The van der Waals surface area contributed by atoms with Crippen molar-refractivity contribution in [3.8, 4) is 17.6 Å². The van der Waals surface area contributed by atoms with Gasteiger partial charge in [0.05, 0.1) is 13.7 Å². The molecule has 1 aliphatic heterocycles. The van der Waals surface area contributed by atoms with E-state index in [1.54, 1.807) is 25.3 Å². The summed E-state index contributed by atoms with van der Waals surface area (Å²) in [6.45, 7) is 4.55. The van der Waals surface area contributed by atoms with E-state index < -0.39 is 5.91 Å². The Morgan fingerprint density at radius 1 is 1.13 bits per heavy atom. The summed E-state index contributed by atoms with van der Waals surface area (Å²) in [6.07, 6.45) is 5.25. The Labute approximate surface area is 177 Å². The Morgan fingerprint density at radius 3 is 2.50 bits per heavy atom. The Bertz CT molecular complexity index is 939. The number of carbonyl (C=O) groups excluding carboxylic acids is 1. The Hall–Kier alpha value is -3.46. The third-order valence-corrected chi connectivity index (χ3v) is 5.01. The van der Waals surface area contributed by atoms with Crippen LogP contribution < -0.4 is 19.7 Å². The zero-order valence-electron chi connectivity index (χ0n) is 17.5. The summed E-state index contributed by atoms with van der Waals surface area (Å²) in [6, 6.07) is 15.0. The molecule has 0 aromatic heterocycles. The van der Waals surface area contributed by atoms with Crippen molar-refractivity contribution in [3.63, 3.8) is 0 Å². The molecule has 0 unspecified atom stereocenters. The van der Waals surface area contributed by atoms with Crippen LogP contribution in [0.3, 0.4) is 0 Å². The van der Waals surface area contributed by atoms with Crippen molar-refractivity contribution in [2.75, 3.05) is 37.0 Å². The van der Waals surface area contributed by atoms with Gasteiger partial charge < -0.3 is 19.7 Å². The van der Waals surface area contributed by atoms with Crippen molar-refractivity contribution in [2.24, 2.45) is 0 Å². The minimum atomic E-state index is -0.448. The first-order chi connectivity index (χ1) is 14.6. The van der Waals surface area contributed by atoms with Crippen LogP contribution in [0.1, 0.15) is 31.7 Å². The summed E-state index contributed by atoms with van der Waals surface area (Å²) in [5, 5.41) is 12.3. The summed E-state index contributed by atoms with van der Waals surface area (Å²) >= 11 is 0. The van der Waals surface area contributed by atoms with Crippen molar-refractivity contribution >= 4 is 23.4 Å². The predicted octanol–water partition coefficient (Wildman–Crippen LogP) is 4.63. The van der Waals surface area contributed by atoms with E-state index in [1.165, 1.54) is 25.3 Å². The summed E-state index contributed by atoms with van der Waals surface area (Å²) in [7, 11) is 1.55. The fourth-order valence-electron chi connectivity index (χ4n) is 3.47. The molecule has 0 saturated carbocycles. The maximum Gasteiger partial charge on any atom is 0.266 e. The minimum Gasteiger partial charge on any atom is -0.493 e. The van der Waals surface area contributed by atoms with E-state index in [1.807, 2.05) is 37.3 Å². The van der Waals surface area contributed by atoms with Gasteiger partial charge in [0.25, 0.3) is 5.91 Å². The number of hydrogen-bond donors (Lipinski definition) is 1. The number of rotatable bonds is 7. The van der Waals surface area contributed by atoms with E-state index in [2.05, 4.69) is 10.2 Å². The molecule has 0 atom stereocenters. The maximum absolute atomic E-state index is 12.6. The highest BCUT2D eigenvalue weighted by atomic mass is 16.5. The average Bonchev–Trinajstić information content (AvgIpc) is 2.79. The molecule has 0 aliphatic carbocycles. The molecular weight excluding hydrogens is 378 g/mol. The second-order valence-electron chi connectivity index (χ2n) is 7.06. The molecule has 1 N–H and O–H groups in total. The normalized spacial score (nSPS) is 14.0. The van der Waals surface area contributed by atoms with Crippen LogP contribution in [-0.4, -0.2) is 32.7 Å². The first-order valence-electron chi connectivity index (χ1n) is 10.2. The van der Waals surface area contributed by atoms with Crippen LogP contribution in [0, 0.1) is 11.3 Å². The van der Waals surface area contributed by atoms with E-state index >= 15 is 0 Å². The molecule has 6 nitrogen and oxygen atoms in total. The Balaban J connectivity index is 1.71. The largest absolute Gasteiger partial charge is 0.493 e. The third-order valence-electron chi connectivity index (χ3n) is 5.01. The molecule has 1 aliphatic rings. The number of nitriles is 1. The lowest BCUT2D eigenvalue weighted by molar-refractivity contribution is -0.112. The molecule has 1 heterocycles. The van der Waals surface area contributed by atoms with Gasteiger partial charge in [0, 0.05) is 24.5 Å². The number of nitrogens with one attached hydrogen (secondary N) is 1. The zero-order chi connectivity index (χ0) is 21.3. The molecule has 0 radical (unpaired) electrons. The van der Waals surface area contributed by atoms with Crippen molar-refractivity contribution < 1.29 is 14.3 Å². The molecule has 2 aromatic carbocycles. The third kappa shape index (κ3) is 5.32. The highest BCUT2D eigenvalue weighted by Gasteiger charge is 2.13. The van der Waals surface area contributed by atoms with E-state index in [0.29, 0.717) is 29.4 Å². The molecule has 30 heavy (non-hydrogen) atoms. The van der Waals surface area contributed by atoms with E-state index in [9.17, 15) is 10.1 Å². The van der Waals surface area contributed by atoms with E-state index in [0.717, 1.165) is 18.8 Å². The van der Waals surface area contributed by atoms with Crippen LogP contribution in [0.4, 0.5) is 11.4 Å². The van der Waals surface area contributed by atoms with Crippen molar-refractivity contribution in [2.45, 2.75) is 26.2 Å². The highest BCUT2D eigenvalue weighted by Crippen LogP contribution is 2.29. The zero-order valence-corrected chi connectivity index (χ0v) is 17.5. The number of nitrogens with zero attached hydrogens (tertiary/aromatic N) is 2. The van der Waals surface area contributed by atoms with E-state index in [4.69, 9.17) is 9.47 Å². The molecule has 1 saturated heterocycles. The lowest BCUT2D eigenvalue weighted by Gasteiger charge is -2.28. The molecule has 0 spiro atoms. The SMILES string of the molecule is CCOc1ccc(/C=C(\C#N)C(=O)Nc2ccc(N3CCCCC3)cc2)cc1OC. The van der Waals surface area contributed by atoms with Gasteiger partial charge in [-0.1, -0.05) is 6.07 Å². The molecule has 2 aromatic rings. The van der Waals surface area contributed by atoms with Gasteiger partial charge in [0.15, 0.2) is 11.5 Å². The molecule has 156 valence electrons. The molecule has 0 bridgehead atoms. The number of ether oxygens (including phenoxy) is 2. The summed E-state index contributed by atoms with van der Waals surface area (Å²) < 4.78 is 10.8. The number of piperidine rings is 1. The Kier molecular flexibility index (Phi) is 7.34. The monoisotopic (exact) mass is 405 g/mol. The van der Waals surface area contributed by atoms with E-state index in [-0.39, 0.29) is 5.57 Å². The highest BCUT2D eigenvalue weighted by molar-refractivity contribution is 6.09. The van der Waals surface area contributed by atoms with Crippen molar-refractivity contribution in [1.29, 1.82) is 5.26 Å². The van der Waals surface area contributed by atoms with Gasteiger partial charge in [0.1, 0.15) is 11.6 Å². The van der Waals surface area contributed by atoms with Gasteiger partial charge in [-0.25, -0.2) is 0 Å². The van der Waals surface area contributed by atoms with Gasteiger partial charge >= 0.3 is 0 Å². The maximum atomic E-state index is 12.6. The van der Waals surface area contributed by atoms with Crippen LogP contribution in [0.5, 0.6) is 11.5 Å². The van der Waals surface area contributed by atoms with Crippen LogP contribution in [0.2, 0.25) is 0 Å². The summed E-state index contributed by atoms with van der Waals surface area (Å²) in [5.74, 6) is 0.724. The van der Waals surface area contributed by atoms with Gasteiger partial charge in [-0.2, -0.15) is 5.26 Å². The first kappa shape index (κ1) is 21.3. The fourth-order valence-corrected chi connectivity index (χ4v) is 3.47.